The van der Waals surface area contributed by atoms with Crippen molar-refractivity contribution in [3.8, 4) is 11.5 Å². The van der Waals surface area contributed by atoms with E-state index in [1.807, 2.05) is 23.3 Å². The number of hydrogen-bond donors (Lipinski definition) is 2. The van der Waals surface area contributed by atoms with Gasteiger partial charge in [0.05, 0.1) is 24.7 Å². The van der Waals surface area contributed by atoms with Crippen LogP contribution in [0.2, 0.25) is 0 Å². The number of imidazole rings is 2. The van der Waals surface area contributed by atoms with Gasteiger partial charge in [0.25, 0.3) is 0 Å². The molecule has 0 spiro atoms. The number of β-amino-alcohol motifs (C(OH)–C–C–N with tert-alkyl or cyclic N) is 1. The molecule has 0 amide bonds. The van der Waals surface area contributed by atoms with E-state index in [1.54, 1.807) is 6.20 Å². The van der Waals surface area contributed by atoms with Crippen LogP contribution in [-0.2, 0) is 6.54 Å². The fourth-order valence-electron chi connectivity index (χ4n) is 2.74. The Balaban J connectivity index is 0.00000121. The van der Waals surface area contributed by atoms with Gasteiger partial charge in [-0.1, -0.05) is 0 Å². The van der Waals surface area contributed by atoms with Crippen LogP contribution in [0.4, 0.5) is 0 Å². The molecule has 0 saturated carbocycles. The van der Waals surface area contributed by atoms with Crippen LogP contribution in [-0.4, -0.2) is 42.9 Å². The molecule has 0 aromatic carbocycles. The largest absolute Gasteiger partial charge is 0.387 e. The van der Waals surface area contributed by atoms with Crippen molar-refractivity contribution in [2.45, 2.75) is 38.5 Å². The monoisotopic (exact) mass is 347 g/mol. The minimum atomic E-state index is -0.682. The van der Waals surface area contributed by atoms with E-state index < -0.39 is 5.60 Å². The lowest BCUT2D eigenvalue weighted by molar-refractivity contribution is 0.0436. The molecule has 0 aliphatic carbocycles. The summed E-state index contributed by atoms with van der Waals surface area (Å²) in [6.07, 6.45) is 8.12. The Labute approximate surface area is 142 Å². The third-order valence-corrected chi connectivity index (χ3v) is 3.85. The van der Waals surface area contributed by atoms with Crippen molar-refractivity contribution in [2.75, 3.05) is 13.1 Å². The van der Waals surface area contributed by atoms with Crippen LogP contribution in [0.5, 0.6) is 0 Å². The van der Waals surface area contributed by atoms with Gasteiger partial charge in [0.2, 0.25) is 0 Å². The Hall–Kier alpha value is -1.08. The topological polar surface area (TPSA) is 67.9 Å². The first-order valence-corrected chi connectivity index (χ1v) is 7.05. The van der Waals surface area contributed by atoms with Crippen molar-refractivity contribution in [1.29, 1.82) is 0 Å². The summed E-state index contributed by atoms with van der Waals surface area (Å²) < 4.78 is 4.11. The van der Waals surface area contributed by atoms with Crippen LogP contribution < -0.4 is 5.32 Å². The quantitative estimate of drug-likeness (QED) is 0.886. The molecule has 0 bridgehead atoms. The van der Waals surface area contributed by atoms with E-state index in [0.717, 1.165) is 24.5 Å². The average Bonchev–Trinajstić information content (AvgIpc) is 3.08. The van der Waals surface area contributed by atoms with Crippen molar-refractivity contribution in [1.82, 2.24) is 24.4 Å². The summed E-state index contributed by atoms with van der Waals surface area (Å²) >= 11 is 0. The lowest BCUT2D eigenvalue weighted by atomic mass is 10.0. The van der Waals surface area contributed by atoms with Crippen LogP contribution in [0.1, 0.15) is 26.3 Å². The van der Waals surface area contributed by atoms with Crippen molar-refractivity contribution < 1.29 is 5.11 Å². The first kappa shape index (κ1) is 19.0. The molecule has 3 heterocycles. The molecule has 1 saturated heterocycles. The number of aromatic nitrogens is 4. The highest BCUT2D eigenvalue weighted by molar-refractivity contribution is 5.85. The van der Waals surface area contributed by atoms with Gasteiger partial charge in [-0.3, -0.25) is 0 Å². The van der Waals surface area contributed by atoms with E-state index in [1.165, 1.54) is 0 Å². The van der Waals surface area contributed by atoms with E-state index in [4.69, 9.17) is 0 Å². The Morgan fingerprint density at radius 3 is 2.82 bits per heavy atom. The van der Waals surface area contributed by atoms with Crippen LogP contribution in [0, 0.1) is 0 Å². The lowest BCUT2D eigenvalue weighted by Crippen LogP contribution is -2.36. The second-order valence-electron chi connectivity index (χ2n) is 5.81. The van der Waals surface area contributed by atoms with Crippen LogP contribution in [0.3, 0.4) is 0 Å². The predicted molar refractivity (Wildman–Crippen MR) is 90.8 cm³/mol. The molecule has 1 unspecified atom stereocenters. The van der Waals surface area contributed by atoms with Gasteiger partial charge in [0.1, 0.15) is 5.69 Å². The summed E-state index contributed by atoms with van der Waals surface area (Å²) in [5, 5.41) is 13.7. The minimum absolute atomic E-state index is 0. The molecular formula is C14H23Cl2N5O. The second-order valence-corrected chi connectivity index (χ2v) is 5.81. The van der Waals surface area contributed by atoms with Gasteiger partial charge < -0.3 is 19.6 Å². The summed E-state index contributed by atoms with van der Waals surface area (Å²) in [6.45, 7) is 6.29. The molecule has 2 N–H and O–H groups in total. The Morgan fingerprint density at radius 1 is 1.41 bits per heavy atom. The number of hydrogen-bond acceptors (Lipinski definition) is 4. The maximum absolute atomic E-state index is 10.5. The molecule has 22 heavy (non-hydrogen) atoms. The van der Waals surface area contributed by atoms with Crippen molar-refractivity contribution in [2.24, 2.45) is 0 Å². The number of rotatable bonds is 4. The predicted octanol–water partition coefficient (Wildman–Crippen LogP) is 1.90. The molecular weight excluding hydrogens is 325 g/mol. The van der Waals surface area contributed by atoms with Crippen molar-refractivity contribution in [3.63, 3.8) is 0 Å². The van der Waals surface area contributed by atoms with Crippen LogP contribution in [0.25, 0.3) is 11.5 Å². The van der Waals surface area contributed by atoms with Gasteiger partial charge in [-0.25, -0.2) is 9.97 Å². The van der Waals surface area contributed by atoms with Gasteiger partial charge in [-0.05, 0) is 26.8 Å². The Bertz CT molecular complexity index is 590. The van der Waals surface area contributed by atoms with Crippen LogP contribution in [0.15, 0.2) is 24.9 Å². The molecule has 1 fully saturated rings. The Morgan fingerprint density at radius 2 is 2.18 bits per heavy atom. The Kier molecular flexibility index (Phi) is 6.43. The van der Waals surface area contributed by atoms with E-state index in [2.05, 4.69) is 33.7 Å². The summed E-state index contributed by atoms with van der Waals surface area (Å²) in [7, 11) is 0. The summed E-state index contributed by atoms with van der Waals surface area (Å²) in [6, 6.07) is 0.328. The molecule has 2 aromatic heterocycles. The van der Waals surface area contributed by atoms with Gasteiger partial charge in [0.15, 0.2) is 5.82 Å². The fourth-order valence-corrected chi connectivity index (χ4v) is 2.74. The molecule has 2 aromatic rings. The van der Waals surface area contributed by atoms with Gasteiger partial charge in [0, 0.05) is 25.0 Å². The number of halogens is 2. The first-order chi connectivity index (χ1) is 9.59. The van der Waals surface area contributed by atoms with Crippen molar-refractivity contribution in [3.05, 3.63) is 24.9 Å². The zero-order valence-electron chi connectivity index (χ0n) is 12.8. The van der Waals surface area contributed by atoms with Crippen molar-refractivity contribution >= 4 is 24.8 Å². The zero-order chi connectivity index (χ0) is 14.2. The van der Waals surface area contributed by atoms with E-state index in [0.29, 0.717) is 19.1 Å². The number of aliphatic hydroxyl groups is 1. The number of nitrogens with zero attached hydrogens (tertiary/aromatic N) is 4. The molecule has 1 aliphatic heterocycles. The fraction of sp³-hybridized carbons (Fsp3) is 0.571. The highest BCUT2D eigenvalue weighted by Crippen LogP contribution is 2.24. The normalized spacial score (nSPS) is 20.7. The maximum Gasteiger partial charge on any atom is 0.158 e. The molecule has 124 valence electrons. The van der Waals surface area contributed by atoms with E-state index in [9.17, 15) is 5.11 Å². The first-order valence-electron chi connectivity index (χ1n) is 7.05. The molecule has 6 nitrogen and oxygen atoms in total. The molecule has 0 radical (unpaired) electrons. The third-order valence-electron chi connectivity index (χ3n) is 3.85. The molecule has 3 rings (SSSR count). The minimum Gasteiger partial charge on any atom is -0.387 e. The summed E-state index contributed by atoms with van der Waals surface area (Å²) in [4.78, 5) is 8.67. The highest BCUT2D eigenvalue weighted by Gasteiger charge is 2.32. The maximum atomic E-state index is 10.5. The smallest absolute Gasteiger partial charge is 0.158 e. The van der Waals surface area contributed by atoms with E-state index in [-0.39, 0.29) is 24.8 Å². The standard InChI is InChI=1S/C14H21N5O.2ClH/c1-11(2)19-10-16-7-12(19)13-17-5-6-18(13)9-14(20)3-4-15-8-14;;/h5-7,10-11,15,20H,3-4,8-9H2,1-2H3;2*1H. The lowest BCUT2D eigenvalue weighted by Gasteiger charge is -2.23. The third kappa shape index (κ3) is 3.63. The number of nitrogens with one attached hydrogen (secondary N) is 1. The van der Waals surface area contributed by atoms with Gasteiger partial charge in [-0.2, -0.15) is 0 Å². The summed E-state index contributed by atoms with van der Waals surface area (Å²) in [5.74, 6) is 0.858. The second kappa shape index (κ2) is 7.46. The highest BCUT2D eigenvalue weighted by atomic mass is 35.5. The van der Waals surface area contributed by atoms with Gasteiger partial charge in [-0.15, -0.1) is 24.8 Å². The zero-order valence-corrected chi connectivity index (χ0v) is 14.4. The van der Waals surface area contributed by atoms with Crippen LogP contribution >= 0.6 is 24.8 Å². The molecule has 8 heteroatoms. The van der Waals surface area contributed by atoms with E-state index >= 15 is 0 Å². The summed E-state index contributed by atoms with van der Waals surface area (Å²) in [5.41, 5.74) is 0.303. The SMILES string of the molecule is CC(C)n1cncc1-c1nccn1CC1(O)CCNC1.Cl.Cl. The molecule has 1 atom stereocenters. The average molecular weight is 348 g/mol. The molecule has 1 aliphatic rings. The van der Waals surface area contributed by atoms with Gasteiger partial charge >= 0.3 is 0 Å².